The van der Waals surface area contributed by atoms with Crippen molar-refractivity contribution in [2.24, 2.45) is 0 Å². The molecule has 0 unspecified atom stereocenters. The fourth-order valence-corrected chi connectivity index (χ4v) is 2.94. The second kappa shape index (κ2) is 6.46. The summed E-state index contributed by atoms with van der Waals surface area (Å²) < 4.78 is 6.05. The third-order valence-corrected chi connectivity index (χ3v) is 3.95. The lowest BCUT2D eigenvalue weighted by atomic mass is 10.0. The first-order chi connectivity index (χ1) is 10.2. The lowest BCUT2D eigenvalue weighted by Crippen LogP contribution is -2.43. The summed E-state index contributed by atoms with van der Waals surface area (Å²) in [4.78, 5) is 2.51. The molecule has 21 heavy (non-hydrogen) atoms. The highest BCUT2D eigenvalue weighted by Gasteiger charge is 2.16. The molecule has 1 heterocycles. The average Bonchev–Trinajstić information content (AvgIpc) is 2.50. The first kappa shape index (κ1) is 14.4. The Labute approximate surface area is 126 Å². The van der Waals surface area contributed by atoms with Gasteiger partial charge in [-0.2, -0.15) is 0 Å². The van der Waals surface area contributed by atoms with E-state index in [2.05, 4.69) is 60.5 Å². The van der Waals surface area contributed by atoms with Crippen LogP contribution in [0.25, 0.3) is 10.8 Å². The van der Waals surface area contributed by atoms with Crippen molar-refractivity contribution in [1.82, 2.24) is 10.2 Å². The summed E-state index contributed by atoms with van der Waals surface area (Å²) in [5.41, 5.74) is 1.32. The summed E-state index contributed by atoms with van der Waals surface area (Å²) in [6, 6.07) is 12.9. The lowest BCUT2D eigenvalue weighted by molar-refractivity contribution is 0.215. The Morgan fingerprint density at radius 2 is 1.86 bits per heavy atom. The van der Waals surface area contributed by atoms with E-state index in [1.54, 1.807) is 0 Å². The molecular formula is C18H24N2O. The van der Waals surface area contributed by atoms with Crippen LogP contribution in [0.5, 0.6) is 5.75 Å². The van der Waals surface area contributed by atoms with E-state index < -0.39 is 0 Å². The molecule has 2 aromatic carbocycles. The molecule has 0 aliphatic carbocycles. The van der Waals surface area contributed by atoms with Crippen LogP contribution < -0.4 is 10.1 Å². The zero-order chi connectivity index (χ0) is 14.7. The number of fused-ring (bicyclic) bond motifs is 1. The van der Waals surface area contributed by atoms with Crippen LogP contribution in [0.4, 0.5) is 0 Å². The number of ether oxygens (including phenoxy) is 1. The normalized spacial score (nSPS) is 16.5. The molecule has 0 spiro atoms. The number of piperazine rings is 1. The van der Waals surface area contributed by atoms with Crippen LogP contribution in [0.15, 0.2) is 36.4 Å². The summed E-state index contributed by atoms with van der Waals surface area (Å²) in [6.45, 7) is 9.49. The maximum Gasteiger partial charge on any atom is 0.124 e. The van der Waals surface area contributed by atoms with Crippen molar-refractivity contribution in [1.29, 1.82) is 0 Å². The van der Waals surface area contributed by atoms with Crippen molar-refractivity contribution in [3.63, 3.8) is 0 Å². The topological polar surface area (TPSA) is 24.5 Å². The Kier molecular flexibility index (Phi) is 4.42. The third-order valence-electron chi connectivity index (χ3n) is 3.95. The molecular weight excluding hydrogens is 260 g/mol. The molecule has 0 atom stereocenters. The third kappa shape index (κ3) is 3.36. The minimum atomic E-state index is 0.202. The maximum absolute atomic E-state index is 6.05. The molecule has 1 aliphatic rings. The molecule has 0 saturated carbocycles. The van der Waals surface area contributed by atoms with Gasteiger partial charge in [0.25, 0.3) is 0 Å². The molecule has 112 valence electrons. The Balaban J connectivity index is 1.98. The van der Waals surface area contributed by atoms with Crippen LogP contribution in [0.3, 0.4) is 0 Å². The zero-order valence-corrected chi connectivity index (χ0v) is 12.9. The molecule has 3 nitrogen and oxygen atoms in total. The highest BCUT2D eigenvalue weighted by Crippen LogP contribution is 2.30. The van der Waals surface area contributed by atoms with Gasteiger partial charge in [-0.25, -0.2) is 0 Å². The standard InChI is InChI=1S/C18H24N2O/c1-14(2)21-18-8-7-15-5-3-4-6-16(15)17(18)13-20-11-9-19-10-12-20/h3-8,14,19H,9-13H2,1-2H3. The number of rotatable bonds is 4. The molecule has 3 rings (SSSR count). The largest absolute Gasteiger partial charge is 0.491 e. The molecule has 0 amide bonds. The second-order valence-corrected chi connectivity index (χ2v) is 5.96. The smallest absolute Gasteiger partial charge is 0.124 e. The summed E-state index contributed by atoms with van der Waals surface area (Å²) in [6.07, 6.45) is 0.202. The van der Waals surface area contributed by atoms with E-state index in [1.165, 1.54) is 16.3 Å². The highest BCUT2D eigenvalue weighted by atomic mass is 16.5. The Hall–Kier alpha value is -1.58. The summed E-state index contributed by atoms with van der Waals surface area (Å²) in [5.74, 6) is 1.03. The van der Waals surface area contributed by atoms with E-state index in [4.69, 9.17) is 4.74 Å². The van der Waals surface area contributed by atoms with E-state index in [1.807, 2.05) is 0 Å². The molecule has 2 aromatic rings. The predicted molar refractivity (Wildman–Crippen MR) is 87.9 cm³/mol. The van der Waals surface area contributed by atoms with E-state index in [0.717, 1.165) is 38.5 Å². The van der Waals surface area contributed by atoms with Gasteiger partial charge in [0.05, 0.1) is 6.10 Å². The fourth-order valence-electron chi connectivity index (χ4n) is 2.94. The average molecular weight is 284 g/mol. The van der Waals surface area contributed by atoms with Crippen molar-refractivity contribution in [2.75, 3.05) is 26.2 Å². The monoisotopic (exact) mass is 284 g/mol. The van der Waals surface area contributed by atoms with Crippen LogP contribution >= 0.6 is 0 Å². The van der Waals surface area contributed by atoms with Gasteiger partial charge in [-0.15, -0.1) is 0 Å². The van der Waals surface area contributed by atoms with E-state index in [9.17, 15) is 0 Å². The number of nitrogens with one attached hydrogen (secondary N) is 1. The molecule has 1 saturated heterocycles. The Bertz CT molecular complexity index is 603. The van der Waals surface area contributed by atoms with E-state index in [-0.39, 0.29) is 6.10 Å². The predicted octanol–water partition coefficient (Wildman–Crippen LogP) is 3.03. The molecule has 1 aliphatic heterocycles. The molecule has 0 radical (unpaired) electrons. The van der Waals surface area contributed by atoms with Crippen molar-refractivity contribution in [3.8, 4) is 5.75 Å². The van der Waals surface area contributed by atoms with Crippen LogP contribution in [-0.4, -0.2) is 37.2 Å². The summed E-state index contributed by atoms with van der Waals surface area (Å²) >= 11 is 0. The Morgan fingerprint density at radius 3 is 2.62 bits per heavy atom. The SMILES string of the molecule is CC(C)Oc1ccc2ccccc2c1CN1CCNCC1. The molecule has 3 heteroatoms. The second-order valence-electron chi connectivity index (χ2n) is 5.96. The van der Waals surface area contributed by atoms with Crippen molar-refractivity contribution in [2.45, 2.75) is 26.5 Å². The molecule has 1 N–H and O–H groups in total. The van der Waals surface area contributed by atoms with E-state index >= 15 is 0 Å². The fraction of sp³-hybridized carbons (Fsp3) is 0.444. The molecule has 1 fully saturated rings. The van der Waals surface area contributed by atoms with Crippen LogP contribution in [0.1, 0.15) is 19.4 Å². The van der Waals surface area contributed by atoms with Gasteiger partial charge in [0, 0.05) is 38.3 Å². The van der Waals surface area contributed by atoms with Crippen molar-refractivity contribution < 1.29 is 4.74 Å². The van der Waals surface area contributed by atoms with Crippen molar-refractivity contribution >= 4 is 10.8 Å². The van der Waals surface area contributed by atoms with Gasteiger partial charge in [0.1, 0.15) is 5.75 Å². The minimum Gasteiger partial charge on any atom is -0.491 e. The summed E-state index contributed by atoms with van der Waals surface area (Å²) in [5, 5.41) is 6.02. The van der Waals surface area contributed by atoms with Gasteiger partial charge in [-0.1, -0.05) is 30.3 Å². The Morgan fingerprint density at radius 1 is 1.10 bits per heavy atom. The van der Waals surface area contributed by atoms with Gasteiger partial charge < -0.3 is 10.1 Å². The first-order valence-corrected chi connectivity index (χ1v) is 7.84. The number of benzene rings is 2. The maximum atomic E-state index is 6.05. The zero-order valence-electron chi connectivity index (χ0n) is 12.9. The van der Waals surface area contributed by atoms with E-state index in [0.29, 0.717) is 0 Å². The molecule has 0 aromatic heterocycles. The number of nitrogens with zero attached hydrogens (tertiary/aromatic N) is 1. The van der Waals surface area contributed by atoms with Crippen LogP contribution in [0, 0.1) is 0 Å². The number of hydrogen-bond donors (Lipinski definition) is 1. The van der Waals surface area contributed by atoms with Crippen LogP contribution in [-0.2, 0) is 6.54 Å². The van der Waals surface area contributed by atoms with Gasteiger partial charge in [0.15, 0.2) is 0 Å². The van der Waals surface area contributed by atoms with Gasteiger partial charge in [-0.3, -0.25) is 4.90 Å². The number of hydrogen-bond acceptors (Lipinski definition) is 3. The van der Waals surface area contributed by atoms with Gasteiger partial charge in [0.2, 0.25) is 0 Å². The summed E-state index contributed by atoms with van der Waals surface area (Å²) in [7, 11) is 0. The van der Waals surface area contributed by atoms with Crippen LogP contribution in [0.2, 0.25) is 0 Å². The van der Waals surface area contributed by atoms with Gasteiger partial charge in [-0.05, 0) is 30.7 Å². The lowest BCUT2D eigenvalue weighted by Gasteiger charge is -2.28. The first-order valence-electron chi connectivity index (χ1n) is 7.84. The molecule has 0 bridgehead atoms. The van der Waals surface area contributed by atoms with Gasteiger partial charge >= 0.3 is 0 Å². The highest BCUT2D eigenvalue weighted by molar-refractivity contribution is 5.87. The quantitative estimate of drug-likeness (QED) is 0.934. The minimum absolute atomic E-state index is 0.202. The van der Waals surface area contributed by atoms with Crippen molar-refractivity contribution in [3.05, 3.63) is 42.0 Å².